The second-order valence-electron chi connectivity index (χ2n) is 8.67. The lowest BCUT2D eigenvalue weighted by atomic mass is 9.92. The molecule has 1 amide bonds. The molecule has 2 saturated heterocycles. The number of nitrogens with zero attached hydrogens (tertiary/aromatic N) is 3. The Kier molecular flexibility index (Phi) is 8.06. The summed E-state index contributed by atoms with van der Waals surface area (Å²) in [5.41, 5.74) is 0.777. The van der Waals surface area contributed by atoms with Crippen molar-refractivity contribution in [2.45, 2.75) is 23.9 Å². The van der Waals surface area contributed by atoms with E-state index in [4.69, 9.17) is 9.90 Å². The van der Waals surface area contributed by atoms with Gasteiger partial charge in [0.05, 0.1) is 17.8 Å². The highest BCUT2D eigenvalue weighted by molar-refractivity contribution is 7.88. The van der Waals surface area contributed by atoms with Crippen molar-refractivity contribution in [3.8, 4) is 0 Å². The average Bonchev–Trinajstić information content (AvgIpc) is 3.23. The van der Waals surface area contributed by atoms with E-state index in [0.717, 1.165) is 5.56 Å². The maximum absolute atomic E-state index is 13.7. The fraction of sp³-hybridized carbons (Fsp3) is 0.391. The number of anilines is 1. The van der Waals surface area contributed by atoms with E-state index in [2.05, 4.69) is 0 Å². The van der Waals surface area contributed by atoms with Crippen LogP contribution < -0.4 is 4.90 Å². The summed E-state index contributed by atoms with van der Waals surface area (Å²) in [7, 11) is -1.62. The number of hydrogen-bond donors (Lipinski definition) is 1. The zero-order chi connectivity index (χ0) is 26.7. The molecule has 2 aromatic carbocycles. The maximum atomic E-state index is 13.7. The summed E-state index contributed by atoms with van der Waals surface area (Å²) in [5, 5.41) is 7.12. The quantitative estimate of drug-likeness (QED) is 0.610. The van der Waals surface area contributed by atoms with Crippen molar-refractivity contribution in [3.05, 3.63) is 66.0 Å². The van der Waals surface area contributed by atoms with Crippen LogP contribution in [0, 0.1) is 5.82 Å². The molecule has 0 aliphatic carbocycles. The van der Waals surface area contributed by atoms with E-state index in [1.807, 2.05) is 30.1 Å². The van der Waals surface area contributed by atoms with Gasteiger partial charge in [-0.15, -0.1) is 0 Å². The largest absolute Gasteiger partial charge is 0.490 e. The van der Waals surface area contributed by atoms with Gasteiger partial charge >= 0.3 is 12.1 Å². The van der Waals surface area contributed by atoms with Crippen molar-refractivity contribution >= 4 is 27.6 Å². The van der Waals surface area contributed by atoms with Crippen LogP contribution in [0.15, 0.2) is 54.6 Å². The molecule has 1 N–H and O–H groups in total. The van der Waals surface area contributed by atoms with Crippen molar-refractivity contribution in [2.24, 2.45) is 0 Å². The van der Waals surface area contributed by atoms with Gasteiger partial charge in [0, 0.05) is 25.3 Å². The van der Waals surface area contributed by atoms with Crippen molar-refractivity contribution in [1.82, 2.24) is 9.21 Å². The van der Waals surface area contributed by atoms with E-state index in [1.165, 1.54) is 16.4 Å². The third-order valence-corrected chi connectivity index (χ3v) is 7.98. The number of likely N-dealkylation sites (N-methyl/N-ethyl adjacent to an activating group) is 1. The second kappa shape index (κ2) is 10.5. The minimum atomic E-state index is -5.08. The van der Waals surface area contributed by atoms with Gasteiger partial charge < -0.3 is 10.0 Å². The Morgan fingerprint density at radius 2 is 1.72 bits per heavy atom. The average molecular weight is 532 g/mol. The number of hydrogen-bond acceptors (Lipinski definition) is 5. The maximum Gasteiger partial charge on any atom is 0.490 e. The molecule has 0 bridgehead atoms. The number of halogens is 4. The van der Waals surface area contributed by atoms with Crippen LogP contribution >= 0.6 is 0 Å². The third kappa shape index (κ3) is 6.39. The van der Waals surface area contributed by atoms with E-state index in [9.17, 15) is 30.8 Å². The number of carboxylic acids is 1. The van der Waals surface area contributed by atoms with E-state index in [1.54, 1.807) is 29.2 Å². The second-order valence-corrected chi connectivity index (χ2v) is 10.6. The summed E-state index contributed by atoms with van der Waals surface area (Å²) in [4.78, 5) is 25.0. The Hall–Kier alpha value is -3.03. The number of rotatable bonds is 4. The Labute approximate surface area is 205 Å². The predicted octanol–water partition coefficient (Wildman–Crippen LogP) is 2.71. The molecule has 1 atom stereocenters. The Morgan fingerprint density at radius 3 is 2.31 bits per heavy atom. The molecular weight excluding hydrogens is 506 g/mol. The molecule has 13 heteroatoms. The lowest BCUT2D eigenvalue weighted by Gasteiger charge is -2.46. The molecule has 2 aliphatic heterocycles. The molecule has 0 saturated carbocycles. The lowest BCUT2D eigenvalue weighted by Crippen LogP contribution is -2.64. The van der Waals surface area contributed by atoms with E-state index in [-0.39, 0.29) is 18.2 Å². The molecule has 196 valence electrons. The fourth-order valence-corrected chi connectivity index (χ4v) is 5.81. The standard InChI is InChI=1S/C21H24FN3O3S.C2HF3O2/c1-23-13-20(26)25(19-9-5-8-18(22)12-19)16-21(23)10-11-24(15-21)29(27,28)14-17-6-3-2-4-7-17;3-2(4,5)1(6)7/h2-9,12H,10-11,13-16H2,1H3;(H,6,7). The molecule has 2 aromatic rings. The molecule has 1 spiro atoms. The molecule has 36 heavy (non-hydrogen) atoms. The number of carboxylic acid groups (broad SMARTS) is 1. The van der Waals surface area contributed by atoms with Crippen molar-refractivity contribution < 1.29 is 40.7 Å². The van der Waals surface area contributed by atoms with Gasteiger partial charge in [-0.2, -0.15) is 17.5 Å². The van der Waals surface area contributed by atoms with E-state index >= 15 is 0 Å². The highest BCUT2D eigenvalue weighted by Crippen LogP contribution is 2.35. The van der Waals surface area contributed by atoms with Gasteiger partial charge in [0.15, 0.2) is 0 Å². The summed E-state index contributed by atoms with van der Waals surface area (Å²) in [6.45, 7) is 1.23. The molecule has 2 fully saturated rings. The number of benzene rings is 2. The highest BCUT2D eigenvalue weighted by atomic mass is 32.2. The fourth-order valence-electron chi connectivity index (χ4n) is 4.21. The van der Waals surface area contributed by atoms with Gasteiger partial charge in [-0.3, -0.25) is 9.69 Å². The van der Waals surface area contributed by atoms with Crippen LogP contribution in [0.5, 0.6) is 0 Å². The van der Waals surface area contributed by atoms with E-state index in [0.29, 0.717) is 31.7 Å². The molecule has 2 heterocycles. The van der Waals surface area contributed by atoms with Crippen molar-refractivity contribution in [1.29, 1.82) is 0 Å². The Balaban J connectivity index is 0.000000454. The molecule has 4 rings (SSSR count). The van der Waals surface area contributed by atoms with Crippen LogP contribution in [0.4, 0.5) is 23.2 Å². The zero-order valence-corrected chi connectivity index (χ0v) is 20.1. The summed E-state index contributed by atoms with van der Waals surface area (Å²) < 4.78 is 72.9. The minimum Gasteiger partial charge on any atom is -0.475 e. The van der Waals surface area contributed by atoms with Gasteiger partial charge in [-0.05, 0) is 37.2 Å². The van der Waals surface area contributed by atoms with E-state index < -0.39 is 33.5 Å². The predicted molar refractivity (Wildman–Crippen MR) is 123 cm³/mol. The van der Waals surface area contributed by atoms with Gasteiger partial charge in [-0.1, -0.05) is 36.4 Å². The normalized spacial score (nSPS) is 21.4. The zero-order valence-electron chi connectivity index (χ0n) is 19.3. The van der Waals surface area contributed by atoms with Crippen LogP contribution in [-0.4, -0.2) is 79.5 Å². The molecule has 2 aliphatic rings. The topological polar surface area (TPSA) is 98.2 Å². The van der Waals surface area contributed by atoms with Gasteiger partial charge in [0.25, 0.3) is 0 Å². The molecule has 0 aromatic heterocycles. The molecule has 8 nitrogen and oxygen atoms in total. The van der Waals surface area contributed by atoms with Gasteiger partial charge in [0.2, 0.25) is 15.9 Å². The molecular formula is C23H25F4N3O5S. The number of alkyl halides is 3. The first-order valence-corrected chi connectivity index (χ1v) is 12.4. The number of aliphatic carboxylic acids is 1. The number of carbonyl (C=O) groups excluding carboxylic acids is 1. The first-order chi connectivity index (χ1) is 16.7. The first-order valence-electron chi connectivity index (χ1n) is 10.8. The summed E-state index contributed by atoms with van der Waals surface area (Å²) in [5.74, 6) is -3.32. The lowest BCUT2D eigenvalue weighted by molar-refractivity contribution is -0.192. The van der Waals surface area contributed by atoms with Crippen LogP contribution in [-0.2, 0) is 25.4 Å². The Morgan fingerprint density at radius 1 is 1.08 bits per heavy atom. The molecule has 0 radical (unpaired) electrons. The van der Waals surface area contributed by atoms with Gasteiger partial charge in [0.1, 0.15) is 5.82 Å². The highest BCUT2D eigenvalue weighted by Gasteiger charge is 2.50. The SMILES string of the molecule is CN1CC(=O)N(c2cccc(F)c2)CC12CCN(S(=O)(=O)Cc1ccccc1)C2.O=C(O)C(F)(F)F. The third-order valence-electron chi connectivity index (χ3n) is 6.18. The van der Waals surface area contributed by atoms with Crippen LogP contribution in [0.25, 0.3) is 0 Å². The molecule has 1 unspecified atom stereocenters. The monoisotopic (exact) mass is 531 g/mol. The summed E-state index contributed by atoms with van der Waals surface area (Å²) >= 11 is 0. The number of piperazine rings is 1. The van der Waals surface area contributed by atoms with Crippen LogP contribution in [0.2, 0.25) is 0 Å². The Bertz CT molecular complexity index is 1210. The van der Waals surface area contributed by atoms with Crippen molar-refractivity contribution in [2.75, 3.05) is 38.1 Å². The van der Waals surface area contributed by atoms with Crippen LogP contribution in [0.1, 0.15) is 12.0 Å². The number of carbonyl (C=O) groups is 2. The van der Waals surface area contributed by atoms with Crippen molar-refractivity contribution in [3.63, 3.8) is 0 Å². The number of amides is 1. The summed E-state index contributed by atoms with van der Waals surface area (Å²) in [6, 6.07) is 15.1. The smallest absolute Gasteiger partial charge is 0.475 e. The first kappa shape index (κ1) is 27.6. The number of sulfonamides is 1. The summed E-state index contributed by atoms with van der Waals surface area (Å²) in [6.07, 6.45) is -4.46. The minimum absolute atomic E-state index is 0.0415. The van der Waals surface area contributed by atoms with Gasteiger partial charge in [-0.25, -0.2) is 17.6 Å². The van der Waals surface area contributed by atoms with Crippen LogP contribution in [0.3, 0.4) is 0 Å².